The fourth-order valence-corrected chi connectivity index (χ4v) is 4.93. The number of benzene rings is 2. The highest BCUT2D eigenvalue weighted by Gasteiger charge is 2.32. The van der Waals surface area contributed by atoms with Crippen LogP contribution in [-0.4, -0.2) is 61.2 Å². The van der Waals surface area contributed by atoms with Crippen molar-refractivity contribution >= 4 is 37.0 Å². The Morgan fingerprint density at radius 3 is 2.46 bits per heavy atom. The lowest BCUT2D eigenvalue weighted by atomic mass is 10.2. The van der Waals surface area contributed by atoms with Gasteiger partial charge in [0.15, 0.2) is 30.7 Å². The highest BCUT2D eigenvalue weighted by Crippen LogP contribution is 2.55. The minimum Gasteiger partial charge on any atom is -0.493 e. The van der Waals surface area contributed by atoms with Crippen molar-refractivity contribution in [2.75, 3.05) is 33.2 Å². The van der Waals surface area contributed by atoms with E-state index < -0.39 is 50.7 Å². The van der Waals surface area contributed by atoms with Gasteiger partial charge in [0.1, 0.15) is 6.61 Å². The van der Waals surface area contributed by atoms with Crippen LogP contribution in [0.25, 0.3) is 0 Å². The summed E-state index contributed by atoms with van der Waals surface area (Å²) in [4.78, 5) is 45.5. The van der Waals surface area contributed by atoms with Gasteiger partial charge in [0.05, 0.1) is 18.7 Å². The van der Waals surface area contributed by atoms with E-state index in [0.29, 0.717) is 0 Å². The number of hydrogen-bond donors (Lipinski definition) is 3. The van der Waals surface area contributed by atoms with Crippen LogP contribution >= 0.6 is 19.0 Å². The van der Waals surface area contributed by atoms with Gasteiger partial charge in [-0.25, -0.2) is 9.59 Å². The molecule has 39 heavy (non-hydrogen) atoms. The minimum absolute atomic E-state index is 0.00348. The van der Waals surface area contributed by atoms with E-state index in [9.17, 15) is 28.9 Å². The molecule has 0 aliphatic carbocycles. The Morgan fingerprint density at radius 2 is 1.79 bits per heavy atom. The normalized spacial score (nSPS) is 12.9. The van der Waals surface area contributed by atoms with Gasteiger partial charge in [-0.2, -0.15) is 0 Å². The molecule has 0 fully saturated rings. The van der Waals surface area contributed by atoms with Crippen LogP contribution in [0.2, 0.25) is 5.02 Å². The van der Waals surface area contributed by atoms with E-state index in [-0.39, 0.29) is 48.1 Å². The summed E-state index contributed by atoms with van der Waals surface area (Å²) >= 11 is 6.20. The van der Waals surface area contributed by atoms with E-state index in [2.05, 4.69) is 5.32 Å². The lowest BCUT2D eigenvalue weighted by Gasteiger charge is -2.20. The van der Waals surface area contributed by atoms with Crippen molar-refractivity contribution in [3.8, 4) is 11.5 Å². The Kier molecular flexibility index (Phi) is 13.0. The van der Waals surface area contributed by atoms with Crippen molar-refractivity contribution in [1.82, 2.24) is 5.32 Å². The molecule has 14 heteroatoms. The number of methoxy groups -OCH3 is 1. The highest BCUT2D eigenvalue weighted by atomic mass is 35.5. The molecule has 1 unspecified atom stereocenters. The minimum atomic E-state index is -4.22. The third-order valence-corrected chi connectivity index (χ3v) is 7.39. The topological polar surface area (TPSA) is 167 Å². The summed E-state index contributed by atoms with van der Waals surface area (Å²) in [6.45, 7) is 0.985. The van der Waals surface area contributed by atoms with Gasteiger partial charge in [0, 0.05) is 12.6 Å². The predicted molar refractivity (Wildman–Crippen MR) is 140 cm³/mol. The zero-order valence-electron chi connectivity index (χ0n) is 21.5. The van der Waals surface area contributed by atoms with Gasteiger partial charge < -0.3 is 33.7 Å². The summed E-state index contributed by atoms with van der Waals surface area (Å²) in [5, 5.41) is 12.8. The van der Waals surface area contributed by atoms with Crippen molar-refractivity contribution < 1.29 is 52.6 Å². The highest BCUT2D eigenvalue weighted by molar-refractivity contribution is 7.58. The van der Waals surface area contributed by atoms with Gasteiger partial charge in [-0.1, -0.05) is 41.9 Å². The molecule has 0 radical (unpaired) electrons. The molecule has 2 aromatic rings. The number of carbonyl (C=O) groups is 3. The van der Waals surface area contributed by atoms with Crippen LogP contribution in [0.3, 0.4) is 0 Å². The number of esters is 2. The van der Waals surface area contributed by atoms with Crippen LogP contribution < -0.4 is 14.8 Å². The lowest BCUT2D eigenvalue weighted by Crippen LogP contribution is -2.28. The second-order valence-electron chi connectivity index (χ2n) is 7.98. The number of ether oxygens (including phenoxy) is 5. The molecule has 0 bridgehead atoms. The molecule has 2 aromatic carbocycles. The van der Waals surface area contributed by atoms with Gasteiger partial charge in [0.2, 0.25) is 7.37 Å². The zero-order chi connectivity index (χ0) is 28.8. The zero-order valence-corrected chi connectivity index (χ0v) is 23.1. The third kappa shape index (κ3) is 10.8. The Bertz CT molecular complexity index is 1160. The monoisotopic (exact) mass is 587 g/mol. The Hall–Kier alpha value is -3.31. The molecule has 2 atom stereocenters. The maximum Gasteiger partial charge on any atom is 0.410 e. The average Bonchev–Trinajstić information content (AvgIpc) is 2.91. The maximum absolute atomic E-state index is 12.8. The molecule has 214 valence electrons. The first-order valence-corrected chi connectivity index (χ1v) is 14.1. The molecular weight excluding hydrogens is 557 g/mol. The molecule has 3 N–H and O–H groups in total. The first-order chi connectivity index (χ1) is 18.6. The Balaban J connectivity index is 1.81. The van der Waals surface area contributed by atoms with Crippen LogP contribution in [0.4, 0.5) is 4.79 Å². The molecule has 0 spiro atoms. The maximum atomic E-state index is 12.8. The van der Waals surface area contributed by atoms with Gasteiger partial charge in [0.25, 0.3) is 0 Å². The first-order valence-electron chi connectivity index (χ1n) is 11.8. The standard InChI is InChI=1S/C25H31ClNO11P/c1-3-35-22(29)15-36-23-19(26)12-18(13-20(23)34-2)24(30)39(32,33)11-7-10-21(28)38-16-27-25(31)37-14-17-8-5-4-6-9-17/h4-6,8-9,12-13,24,30H,3,7,10-11,14-16H2,1-2H3,(H,27,31)(H,32,33)/t24-/m0/s1. The summed E-state index contributed by atoms with van der Waals surface area (Å²) in [5.74, 6) is -3.16. The summed E-state index contributed by atoms with van der Waals surface area (Å²) < 4.78 is 37.9. The summed E-state index contributed by atoms with van der Waals surface area (Å²) in [6.07, 6.45) is -1.49. The van der Waals surface area contributed by atoms with E-state index in [1.54, 1.807) is 31.2 Å². The van der Waals surface area contributed by atoms with E-state index in [4.69, 9.17) is 35.3 Å². The van der Waals surface area contributed by atoms with Crippen LogP contribution in [-0.2, 0) is 35.0 Å². The lowest BCUT2D eigenvalue weighted by molar-refractivity contribution is -0.145. The largest absolute Gasteiger partial charge is 0.493 e. The molecule has 0 aromatic heterocycles. The van der Waals surface area contributed by atoms with E-state index >= 15 is 0 Å². The molecule has 1 amide bonds. The molecule has 2 rings (SSSR count). The smallest absolute Gasteiger partial charge is 0.410 e. The number of rotatable bonds is 15. The van der Waals surface area contributed by atoms with E-state index in [0.717, 1.165) is 5.56 Å². The third-order valence-electron chi connectivity index (χ3n) is 5.09. The first kappa shape index (κ1) is 31.9. The Labute approximate surface area is 230 Å². The number of carbonyl (C=O) groups excluding carboxylic acids is 3. The molecular formula is C25H31ClNO11P. The van der Waals surface area contributed by atoms with Gasteiger partial charge in [-0.3, -0.25) is 14.7 Å². The second kappa shape index (κ2) is 15.9. The molecule has 0 aliphatic rings. The number of aliphatic hydroxyl groups excluding tert-OH is 1. The predicted octanol–water partition coefficient (Wildman–Crippen LogP) is 3.76. The van der Waals surface area contributed by atoms with Crippen molar-refractivity contribution in [2.24, 2.45) is 0 Å². The van der Waals surface area contributed by atoms with Crippen molar-refractivity contribution in [2.45, 2.75) is 32.2 Å². The molecule has 12 nitrogen and oxygen atoms in total. The molecule has 0 heterocycles. The van der Waals surface area contributed by atoms with E-state index in [1.165, 1.54) is 19.2 Å². The van der Waals surface area contributed by atoms with Crippen LogP contribution in [0.15, 0.2) is 42.5 Å². The summed E-state index contributed by atoms with van der Waals surface area (Å²) in [6, 6.07) is 11.5. The molecule has 0 saturated carbocycles. The SMILES string of the molecule is CCOC(=O)COc1c(Cl)cc([C@@H](O)P(=O)(O)CCCC(=O)OCNC(=O)OCc2ccccc2)cc1OC. The van der Waals surface area contributed by atoms with Crippen LogP contribution in [0.1, 0.15) is 36.7 Å². The molecule has 0 aliphatic heterocycles. The van der Waals surface area contributed by atoms with Crippen molar-refractivity contribution in [3.05, 3.63) is 58.6 Å². The van der Waals surface area contributed by atoms with Crippen molar-refractivity contribution in [1.29, 1.82) is 0 Å². The number of amides is 1. The van der Waals surface area contributed by atoms with Gasteiger partial charge >= 0.3 is 18.0 Å². The number of alkyl carbamates (subject to hydrolysis) is 1. The van der Waals surface area contributed by atoms with E-state index in [1.807, 2.05) is 6.07 Å². The number of hydrogen-bond acceptors (Lipinski definition) is 10. The number of aliphatic hydroxyl groups is 1. The fourth-order valence-electron chi connectivity index (χ4n) is 3.19. The average molecular weight is 588 g/mol. The van der Waals surface area contributed by atoms with Crippen LogP contribution in [0.5, 0.6) is 11.5 Å². The van der Waals surface area contributed by atoms with Crippen molar-refractivity contribution in [3.63, 3.8) is 0 Å². The molecule has 0 saturated heterocycles. The Morgan fingerprint density at radius 1 is 1.08 bits per heavy atom. The van der Waals surface area contributed by atoms with Gasteiger partial charge in [-0.05, 0) is 36.6 Å². The summed E-state index contributed by atoms with van der Waals surface area (Å²) in [5.41, 5.74) is 0.770. The van der Waals surface area contributed by atoms with Gasteiger partial charge in [-0.15, -0.1) is 0 Å². The number of nitrogens with one attached hydrogen (secondary N) is 1. The van der Waals surface area contributed by atoms with Crippen LogP contribution in [0, 0.1) is 0 Å². The number of halogens is 1. The fraction of sp³-hybridized carbons (Fsp3) is 0.400. The summed E-state index contributed by atoms with van der Waals surface area (Å²) in [7, 11) is -2.93. The quantitative estimate of drug-likeness (QED) is 0.120. The second-order valence-corrected chi connectivity index (χ2v) is 10.8.